The van der Waals surface area contributed by atoms with Crippen molar-refractivity contribution in [3.05, 3.63) is 0 Å². The fourth-order valence-corrected chi connectivity index (χ4v) is 3.62. The molecule has 1 aliphatic carbocycles. The molecule has 5 atom stereocenters. The molecule has 0 amide bonds. The maximum absolute atomic E-state index is 2.51. The Balaban J connectivity index is 2.43. The third kappa shape index (κ3) is 3.02. The van der Waals surface area contributed by atoms with Gasteiger partial charge in [-0.2, -0.15) is 0 Å². The van der Waals surface area contributed by atoms with Crippen LogP contribution in [0.15, 0.2) is 0 Å². The predicted molar refractivity (Wildman–Crippen MR) is 73.5 cm³/mol. The molecule has 0 N–H and O–H groups in total. The van der Waals surface area contributed by atoms with Crippen LogP contribution >= 0.6 is 0 Å². The fraction of sp³-hybridized carbons (Fsp3) is 1.00. The summed E-state index contributed by atoms with van der Waals surface area (Å²) >= 11 is 0. The average molecular weight is 224 g/mol. The van der Waals surface area contributed by atoms with E-state index in [2.05, 4.69) is 41.5 Å². The topological polar surface area (TPSA) is 0 Å². The third-order valence-corrected chi connectivity index (χ3v) is 5.58. The monoisotopic (exact) mass is 224 g/mol. The zero-order chi connectivity index (χ0) is 12.3. The zero-order valence-corrected chi connectivity index (χ0v) is 12.3. The molecule has 0 saturated heterocycles. The van der Waals surface area contributed by atoms with E-state index in [1.54, 1.807) is 0 Å². The van der Waals surface area contributed by atoms with Gasteiger partial charge in [-0.05, 0) is 41.9 Å². The highest BCUT2D eigenvalue weighted by Crippen LogP contribution is 2.53. The van der Waals surface area contributed by atoms with E-state index in [4.69, 9.17) is 0 Å². The minimum Gasteiger partial charge on any atom is -0.0651 e. The second kappa shape index (κ2) is 6.07. The van der Waals surface area contributed by atoms with Crippen LogP contribution in [0.5, 0.6) is 0 Å². The highest BCUT2D eigenvalue weighted by molar-refractivity contribution is 4.95. The molecule has 0 heterocycles. The van der Waals surface area contributed by atoms with Crippen LogP contribution in [0.3, 0.4) is 0 Å². The molecule has 0 heteroatoms. The van der Waals surface area contributed by atoms with Gasteiger partial charge in [0.1, 0.15) is 0 Å². The summed E-state index contributed by atoms with van der Waals surface area (Å²) in [7, 11) is 0. The van der Waals surface area contributed by atoms with Gasteiger partial charge in [-0.3, -0.25) is 0 Å². The molecular formula is C16H32. The Morgan fingerprint density at radius 1 is 0.812 bits per heavy atom. The van der Waals surface area contributed by atoms with E-state index in [0.717, 1.165) is 35.5 Å². The van der Waals surface area contributed by atoms with Gasteiger partial charge in [0.2, 0.25) is 0 Å². The molecule has 16 heavy (non-hydrogen) atoms. The van der Waals surface area contributed by atoms with Crippen molar-refractivity contribution < 1.29 is 0 Å². The first kappa shape index (κ1) is 14.1. The van der Waals surface area contributed by atoms with Gasteiger partial charge in [0, 0.05) is 0 Å². The van der Waals surface area contributed by atoms with Crippen LogP contribution in [0.25, 0.3) is 0 Å². The fourth-order valence-electron chi connectivity index (χ4n) is 3.62. The van der Waals surface area contributed by atoms with Gasteiger partial charge < -0.3 is 0 Å². The van der Waals surface area contributed by atoms with Crippen LogP contribution in [0, 0.1) is 35.5 Å². The molecule has 96 valence electrons. The largest absolute Gasteiger partial charge is 0.0651 e. The first-order chi connectivity index (χ1) is 7.56. The second-order valence-corrected chi connectivity index (χ2v) is 6.24. The Bertz CT molecular complexity index is 192. The Kier molecular flexibility index (Phi) is 5.34. The summed E-state index contributed by atoms with van der Waals surface area (Å²) in [6.07, 6.45) is 5.62. The summed E-state index contributed by atoms with van der Waals surface area (Å²) in [5.41, 5.74) is 0. The third-order valence-electron chi connectivity index (χ3n) is 5.58. The number of hydrogen-bond donors (Lipinski definition) is 0. The highest BCUT2D eigenvalue weighted by Gasteiger charge is 2.46. The van der Waals surface area contributed by atoms with E-state index in [1.807, 2.05) is 0 Å². The van der Waals surface area contributed by atoms with Crippen molar-refractivity contribution in [2.45, 2.75) is 67.2 Å². The predicted octanol–water partition coefficient (Wildman–Crippen LogP) is 5.38. The molecule has 0 spiro atoms. The van der Waals surface area contributed by atoms with Crippen molar-refractivity contribution in [2.75, 3.05) is 0 Å². The van der Waals surface area contributed by atoms with Crippen LogP contribution in [0.1, 0.15) is 67.2 Å². The molecule has 1 aliphatic rings. The van der Waals surface area contributed by atoms with Crippen molar-refractivity contribution in [1.29, 1.82) is 0 Å². The molecule has 0 aromatic carbocycles. The Labute approximate surface area is 103 Å². The lowest BCUT2D eigenvalue weighted by molar-refractivity contribution is 0.252. The van der Waals surface area contributed by atoms with Crippen LogP contribution in [0.4, 0.5) is 0 Å². The minimum absolute atomic E-state index is 0.920. The van der Waals surface area contributed by atoms with E-state index in [0.29, 0.717) is 0 Å². The van der Waals surface area contributed by atoms with Crippen LogP contribution < -0.4 is 0 Å². The number of hydrogen-bond acceptors (Lipinski definition) is 0. The molecule has 5 unspecified atom stereocenters. The van der Waals surface area contributed by atoms with Gasteiger partial charge in [-0.1, -0.05) is 60.8 Å². The molecule has 0 aromatic heterocycles. The van der Waals surface area contributed by atoms with Gasteiger partial charge >= 0.3 is 0 Å². The van der Waals surface area contributed by atoms with E-state index in [9.17, 15) is 0 Å². The van der Waals surface area contributed by atoms with Crippen molar-refractivity contribution in [2.24, 2.45) is 35.5 Å². The van der Waals surface area contributed by atoms with Crippen LogP contribution in [-0.2, 0) is 0 Å². The second-order valence-electron chi connectivity index (χ2n) is 6.24. The molecule has 0 radical (unpaired) electrons. The summed E-state index contributed by atoms with van der Waals surface area (Å²) in [4.78, 5) is 0. The van der Waals surface area contributed by atoms with Gasteiger partial charge in [0.25, 0.3) is 0 Å². The summed E-state index contributed by atoms with van der Waals surface area (Å²) in [5.74, 6) is 5.90. The zero-order valence-electron chi connectivity index (χ0n) is 12.3. The first-order valence-electron chi connectivity index (χ1n) is 7.56. The molecule has 0 bridgehead atoms. The Morgan fingerprint density at radius 3 is 1.75 bits per heavy atom. The van der Waals surface area contributed by atoms with Gasteiger partial charge in [-0.25, -0.2) is 0 Å². The van der Waals surface area contributed by atoms with Crippen molar-refractivity contribution in [3.63, 3.8) is 0 Å². The van der Waals surface area contributed by atoms with E-state index >= 15 is 0 Å². The Hall–Kier alpha value is 0. The summed E-state index contributed by atoms with van der Waals surface area (Å²) < 4.78 is 0. The van der Waals surface area contributed by atoms with Crippen molar-refractivity contribution in [1.82, 2.24) is 0 Å². The lowest BCUT2D eigenvalue weighted by Crippen LogP contribution is -2.16. The van der Waals surface area contributed by atoms with E-state index in [1.165, 1.54) is 25.7 Å². The highest BCUT2D eigenvalue weighted by atomic mass is 14.5. The lowest BCUT2D eigenvalue weighted by atomic mass is 9.81. The van der Waals surface area contributed by atoms with E-state index in [-0.39, 0.29) is 0 Å². The normalized spacial score (nSPS) is 30.2. The smallest absolute Gasteiger partial charge is 0.0352 e. The summed E-state index contributed by atoms with van der Waals surface area (Å²) in [5, 5.41) is 0. The Morgan fingerprint density at radius 2 is 1.31 bits per heavy atom. The molecule has 0 aromatic rings. The molecule has 0 aliphatic heterocycles. The van der Waals surface area contributed by atoms with Crippen LogP contribution in [-0.4, -0.2) is 0 Å². The number of rotatable bonds is 7. The first-order valence-corrected chi connectivity index (χ1v) is 7.56. The molecule has 0 nitrogen and oxygen atoms in total. The molecule has 1 fully saturated rings. The van der Waals surface area contributed by atoms with Gasteiger partial charge in [0.15, 0.2) is 0 Å². The maximum atomic E-state index is 2.51. The van der Waals surface area contributed by atoms with E-state index < -0.39 is 0 Å². The molecule has 1 rings (SSSR count). The lowest BCUT2D eigenvalue weighted by Gasteiger charge is -2.24. The van der Waals surface area contributed by atoms with Crippen molar-refractivity contribution >= 4 is 0 Å². The van der Waals surface area contributed by atoms with Gasteiger partial charge in [0.05, 0.1) is 0 Å². The standard InChI is InChI=1S/C16H32/c1-7-11(4)12(5)15-10-16(15)13(6)14(8-2)9-3/h11-16H,7-10H2,1-6H3. The molecular weight excluding hydrogens is 192 g/mol. The minimum atomic E-state index is 0.920. The quantitative estimate of drug-likeness (QED) is 0.545. The molecule has 1 saturated carbocycles. The summed E-state index contributed by atoms with van der Waals surface area (Å²) in [6.45, 7) is 14.5. The summed E-state index contributed by atoms with van der Waals surface area (Å²) in [6, 6.07) is 0. The van der Waals surface area contributed by atoms with Crippen molar-refractivity contribution in [3.8, 4) is 0 Å². The SMILES string of the molecule is CCC(C)C(C)C1CC1C(C)C(CC)CC. The van der Waals surface area contributed by atoms with Gasteiger partial charge in [-0.15, -0.1) is 0 Å². The maximum Gasteiger partial charge on any atom is -0.0352 e. The average Bonchev–Trinajstić information content (AvgIpc) is 3.08. The van der Waals surface area contributed by atoms with Crippen LogP contribution in [0.2, 0.25) is 0 Å².